The highest BCUT2D eigenvalue weighted by Gasteiger charge is 2.28. The molecule has 2 aromatic carbocycles. The highest BCUT2D eigenvalue weighted by atomic mass is 19.1. The van der Waals surface area contributed by atoms with Gasteiger partial charge in [0.25, 0.3) is 5.91 Å². The first-order valence-corrected chi connectivity index (χ1v) is 10.8. The molecule has 2 aliphatic rings. The van der Waals surface area contributed by atoms with Crippen LogP contribution < -0.4 is 10.2 Å². The summed E-state index contributed by atoms with van der Waals surface area (Å²) in [4.78, 5) is 29.3. The Hall–Kier alpha value is -2.89. The van der Waals surface area contributed by atoms with Crippen LogP contribution in [0.2, 0.25) is 0 Å². The Labute approximate surface area is 176 Å². The van der Waals surface area contributed by atoms with E-state index in [1.165, 1.54) is 43.5 Å². The molecule has 0 unspecified atom stereocenters. The number of benzene rings is 2. The van der Waals surface area contributed by atoms with Crippen molar-refractivity contribution in [1.29, 1.82) is 0 Å². The third kappa shape index (κ3) is 4.81. The van der Waals surface area contributed by atoms with Crippen molar-refractivity contribution in [2.45, 2.75) is 32.1 Å². The molecule has 0 spiro atoms. The molecule has 158 valence electrons. The number of hydrogen-bond acceptors (Lipinski definition) is 3. The minimum Gasteiger partial charge on any atom is -0.368 e. The molecule has 0 bridgehead atoms. The number of anilines is 2. The largest absolute Gasteiger partial charge is 0.368 e. The second kappa shape index (κ2) is 9.28. The summed E-state index contributed by atoms with van der Waals surface area (Å²) in [7, 11) is 0. The van der Waals surface area contributed by atoms with E-state index in [0.717, 1.165) is 44.7 Å². The van der Waals surface area contributed by atoms with E-state index in [1.54, 1.807) is 0 Å². The fourth-order valence-corrected chi connectivity index (χ4v) is 4.35. The lowest BCUT2D eigenvalue weighted by atomic mass is 9.88. The van der Waals surface area contributed by atoms with Crippen LogP contribution in [-0.2, 0) is 4.79 Å². The smallest absolute Gasteiger partial charge is 0.255 e. The summed E-state index contributed by atoms with van der Waals surface area (Å²) < 4.78 is 13.0. The van der Waals surface area contributed by atoms with Gasteiger partial charge in [-0.1, -0.05) is 19.3 Å². The van der Waals surface area contributed by atoms with Gasteiger partial charge in [0.1, 0.15) is 5.82 Å². The van der Waals surface area contributed by atoms with Gasteiger partial charge in [-0.3, -0.25) is 9.59 Å². The van der Waals surface area contributed by atoms with E-state index in [-0.39, 0.29) is 17.6 Å². The zero-order valence-corrected chi connectivity index (χ0v) is 17.1. The number of piperazine rings is 1. The highest BCUT2D eigenvalue weighted by Crippen LogP contribution is 2.26. The maximum Gasteiger partial charge on any atom is 0.255 e. The third-order valence-electron chi connectivity index (χ3n) is 6.14. The summed E-state index contributed by atoms with van der Waals surface area (Å²) >= 11 is 0. The van der Waals surface area contributed by atoms with Crippen molar-refractivity contribution in [1.82, 2.24) is 4.90 Å². The van der Waals surface area contributed by atoms with E-state index in [2.05, 4.69) is 10.2 Å². The number of carbonyl (C=O) groups is 2. The Bertz CT molecular complexity index is 868. The van der Waals surface area contributed by atoms with Gasteiger partial charge >= 0.3 is 0 Å². The molecular formula is C24H28FN3O2. The predicted molar refractivity (Wildman–Crippen MR) is 116 cm³/mol. The van der Waals surface area contributed by atoms with Gasteiger partial charge in [-0.25, -0.2) is 4.39 Å². The fourth-order valence-electron chi connectivity index (χ4n) is 4.35. The molecule has 1 saturated carbocycles. The van der Waals surface area contributed by atoms with E-state index >= 15 is 0 Å². The monoisotopic (exact) mass is 409 g/mol. The highest BCUT2D eigenvalue weighted by molar-refractivity contribution is 6.04. The van der Waals surface area contributed by atoms with Crippen molar-refractivity contribution in [2.24, 2.45) is 5.92 Å². The molecule has 2 amide bonds. The molecule has 1 N–H and O–H groups in total. The molecule has 2 aromatic rings. The van der Waals surface area contributed by atoms with Gasteiger partial charge in [0.2, 0.25) is 5.91 Å². The standard InChI is InChI=1S/C24H28FN3O2/c25-20-8-6-18(7-9-20)23(29)26-21-10-12-22(13-11-21)27-14-16-28(17-15-27)24(30)19-4-2-1-3-5-19/h6-13,19H,1-5,14-17H2,(H,26,29). The van der Waals surface area contributed by atoms with E-state index in [9.17, 15) is 14.0 Å². The molecule has 0 atom stereocenters. The van der Waals surface area contributed by atoms with Crippen molar-refractivity contribution in [3.63, 3.8) is 0 Å². The number of nitrogens with zero attached hydrogens (tertiary/aromatic N) is 2. The van der Waals surface area contributed by atoms with Gasteiger partial charge < -0.3 is 15.1 Å². The summed E-state index contributed by atoms with van der Waals surface area (Å²) in [6, 6.07) is 13.2. The molecule has 30 heavy (non-hydrogen) atoms. The van der Waals surface area contributed by atoms with Crippen LogP contribution in [0.4, 0.5) is 15.8 Å². The summed E-state index contributed by atoms with van der Waals surface area (Å²) in [6.07, 6.45) is 5.72. The molecule has 1 aliphatic carbocycles. The van der Waals surface area contributed by atoms with E-state index in [1.807, 2.05) is 29.2 Å². The van der Waals surface area contributed by atoms with E-state index in [0.29, 0.717) is 17.2 Å². The average Bonchev–Trinajstić information content (AvgIpc) is 2.80. The van der Waals surface area contributed by atoms with Crippen LogP contribution in [0.3, 0.4) is 0 Å². The molecule has 6 heteroatoms. The van der Waals surface area contributed by atoms with Crippen LogP contribution in [0.15, 0.2) is 48.5 Å². The van der Waals surface area contributed by atoms with Gasteiger partial charge in [-0.15, -0.1) is 0 Å². The Morgan fingerprint density at radius 2 is 1.47 bits per heavy atom. The lowest BCUT2D eigenvalue weighted by Crippen LogP contribution is -2.50. The number of carbonyl (C=O) groups excluding carboxylic acids is 2. The Morgan fingerprint density at radius 1 is 0.833 bits per heavy atom. The number of rotatable bonds is 4. The summed E-state index contributed by atoms with van der Waals surface area (Å²) in [5.41, 5.74) is 2.19. The Kier molecular flexibility index (Phi) is 6.31. The van der Waals surface area contributed by atoms with Crippen LogP contribution >= 0.6 is 0 Å². The predicted octanol–water partition coefficient (Wildman–Crippen LogP) is 4.31. The first kappa shape index (κ1) is 20.4. The SMILES string of the molecule is O=C(Nc1ccc(N2CCN(C(=O)C3CCCCC3)CC2)cc1)c1ccc(F)cc1. The fraction of sp³-hybridized carbons (Fsp3) is 0.417. The van der Waals surface area contributed by atoms with Gasteiger partial charge in [0.15, 0.2) is 0 Å². The van der Waals surface area contributed by atoms with Crippen LogP contribution in [0, 0.1) is 11.7 Å². The second-order valence-electron chi connectivity index (χ2n) is 8.16. The van der Waals surface area contributed by atoms with E-state index < -0.39 is 0 Å². The second-order valence-corrected chi connectivity index (χ2v) is 8.16. The minimum atomic E-state index is -0.364. The van der Waals surface area contributed by atoms with Gasteiger partial charge in [-0.05, 0) is 61.4 Å². The zero-order valence-electron chi connectivity index (χ0n) is 17.1. The van der Waals surface area contributed by atoms with Crippen LogP contribution in [0.5, 0.6) is 0 Å². The van der Waals surface area contributed by atoms with Gasteiger partial charge in [0.05, 0.1) is 0 Å². The number of nitrogens with one attached hydrogen (secondary N) is 1. The third-order valence-corrected chi connectivity index (χ3v) is 6.14. The van der Waals surface area contributed by atoms with Gasteiger partial charge in [-0.2, -0.15) is 0 Å². The Balaban J connectivity index is 1.30. The van der Waals surface area contributed by atoms with Crippen LogP contribution in [-0.4, -0.2) is 42.9 Å². The molecular weight excluding hydrogens is 381 g/mol. The molecule has 4 rings (SSSR count). The quantitative estimate of drug-likeness (QED) is 0.819. The van der Waals surface area contributed by atoms with Crippen molar-refractivity contribution < 1.29 is 14.0 Å². The maximum absolute atomic E-state index is 13.0. The van der Waals surface area contributed by atoms with Crippen molar-refractivity contribution in [2.75, 3.05) is 36.4 Å². The Morgan fingerprint density at radius 3 is 2.10 bits per heavy atom. The summed E-state index contributed by atoms with van der Waals surface area (Å²) in [6.45, 7) is 3.16. The molecule has 1 aliphatic heterocycles. The number of amides is 2. The molecule has 1 heterocycles. The molecule has 0 radical (unpaired) electrons. The zero-order chi connectivity index (χ0) is 20.9. The number of halogens is 1. The lowest BCUT2D eigenvalue weighted by Gasteiger charge is -2.38. The lowest BCUT2D eigenvalue weighted by molar-refractivity contribution is -0.136. The normalized spacial score (nSPS) is 17.6. The van der Waals surface area contributed by atoms with Crippen LogP contribution in [0.25, 0.3) is 0 Å². The van der Waals surface area contributed by atoms with Crippen molar-refractivity contribution in [3.05, 3.63) is 59.9 Å². The van der Waals surface area contributed by atoms with Gasteiger partial charge in [0, 0.05) is 49.0 Å². The first-order chi connectivity index (χ1) is 14.6. The molecule has 0 aromatic heterocycles. The topological polar surface area (TPSA) is 52.7 Å². The first-order valence-electron chi connectivity index (χ1n) is 10.8. The minimum absolute atomic E-state index is 0.231. The number of hydrogen-bond donors (Lipinski definition) is 1. The van der Waals surface area contributed by atoms with E-state index in [4.69, 9.17) is 0 Å². The van der Waals surface area contributed by atoms with Crippen molar-refractivity contribution >= 4 is 23.2 Å². The van der Waals surface area contributed by atoms with Crippen molar-refractivity contribution in [3.8, 4) is 0 Å². The molecule has 5 nitrogen and oxygen atoms in total. The average molecular weight is 410 g/mol. The molecule has 1 saturated heterocycles. The molecule has 2 fully saturated rings. The summed E-state index contributed by atoms with van der Waals surface area (Å²) in [5, 5.41) is 2.83. The van der Waals surface area contributed by atoms with Crippen LogP contribution in [0.1, 0.15) is 42.5 Å². The maximum atomic E-state index is 13.0. The summed E-state index contributed by atoms with van der Waals surface area (Å²) in [5.74, 6) is -0.0588.